The van der Waals surface area contributed by atoms with E-state index in [4.69, 9.17) is 14.2 Å². The van der Waals surface area contributed by atoms with Crippen LogP contribution < -0.4 is 0 Å². The average molecular weight is 250 g/mol. The lowest BCUT2D eigenvalue weighted by atomic mass is 10.1. The van der Waals surface area contributed by atoms with Gasteiger partial charge >= 0.3 is 5.97 Å². The number of phenolic OH excluding ortho intramolecular Hbond substituents is 1. The topological polar surface area (TPSA) is 71.6 Å². The molecule has 0 amide bonds. The number of rotatable bonds is 5. The van der Waals surface area contributed by atoms with E-state index < -0.39 is 5.97 Å². The smallest absolute Gasteiger partial charge is 0.342 e. The van der Waals surface area contributed by atoms with Gasteiger partial charge in [-0.1, -0.05) is 6.07 Å². The van der Waals surface area contributed by atoms with Gasteiger partial charge in [0.1, 0.15) is 24.0 Å². The van der Waals surface area contributed by atoms with Crippen molar-refractivity contribution in [2.24, 2.45) is 0 Å². The minimum atomic E-state index is -0.516. The summed E-state index contributed by atoms with van der Waals surface area (Å²) in [4.78, 5) is 11.7. The Hall–Kier alpha value is -1.59. The van der Waals surface area contributed by atoms with Gasteiger partial charge in [0.05, 0.1) is 19.3 Å². The molecule has 2 atom stereocenters. The number of ether oxygens (including phenoxy) is 3. The van der Waals surface area contributed by atoms with Crippen molar-refractivity contribution in [1.82, 2.24) is 0 Å². The van der Waals surface area contributed by atoms with E-state index in [0.29, 0.717) is 6.61 Å². The van der Waals surface area contributed by atoms with E-state index in [1.807, 2.05) is 6.07 Å². The Kier molecular flexibility index (Phi) is 2.93. The van der Waals surface area contributed by atoms with Crippen LogP contribution in [0.4, 0.5) is 0 Å². The number of carbonyl (C=O) groups excluding carboxylic acids is 1. The van der Waals surface area contributed by atoms with Crippen molar-refractivity contribution in [3.8, 4) is 5.75 Å². The van der Waals surface area contributed by atoms with E-state index in [9.17, 15) is 9.90 Å². The lowest BCUT2D eigenvalue weighted by Crippen LogP contribution is -2.10. The lowest BCUT2D eigenvalue weighted by Gasteiger charge is -2.06. The van der Waals surface area contributed by atoms with Crippen LogP contribution in [0.3, 0.4) is 0 Å². The van der Waals surface area contributed by atoms with Gasteiger partial charge in [0, 0.05) is 6.42 Å². The van der Waals surface area contributed by atoms with Gasteiger partial charge in [-0.15, -0.1) is 0 Å². The maximum atomic E-state index is 11.7. The van der Waals surface area contributed by atoms with E-state index in [1.54, 1.807) is 12.1 Å². The van der Waals surface area contributed by atoms with Gasteiger partial charge in [0.2, 0.25) is 0 Å². The molecule has 96 valence electrons. The summed E-state index contributed by atoms with van der Waals surface area (Å²) >= 11 is 0. The molecule has 0 saturated carbocycles. The molecule has 5 nitrogen and oxygen atoms in total. The summed E-state index contributed by atoms with van der Waals surface area (Å²) in [6.45, 7) is 1.65. The van der Waals surface area contributed by atoms with Gasteiger partial charge in [-0.3, -0.25) is 0 Å². The highest BCUT2D eigenvalue weighted by Gasteiger charge is 2.26. The highest BCUT2D eigenvalue weighted by Crippen LogP contribution is 2.23. The SMILES string of the molecule is O=C(OCC1CO1)c1ccc(CC2CO2)cc1O. The number of aromatic hydroxyl groups is 1. The monoisotopic (exact) mass is 250 g/mol. The third-order valence-corrected chi connectivity index (χ3v) is 2.95. The summed E-state index contributed by atoms with van der Waals surface area (Å²) in [5.41, 5.74) is 1.15. The fraction of sp³-hybridized carbons (Fsp3) is 0.462. The molecule has 1 N–H and O–H groups in total. The van der Waals surface area contributed by atoms with Gasteiger partial charge < -0.3 is 19.3 Å². The normalized spacial score (nSPS) is 24.7. The molecule has 2 aliphatic heterocycles. The zero-order valence-electron chi connectivity index (χ0n) is 9.80. The number of hydrogen-bond acceptors (Lipinski definition) is 5. The van der Waals surface area contributed by atoms with Gasteiger partial charge in [-0.2, -0.15) is 0 Å². The van der Waals surface area contributed by atoms with Gasteiger partial charge in [-0.25, -0.2) is 4.79 Å². The lowest BCUT2D eigenvalue weighted by molar-refractivity contribution is 0.0473. The largest absolute Gasteiger partial charge is 0.507 e. The molecule has 0 radical (unpaired) electrons. The van der Waals surface area contributed by atoms with Gasteiger partial charge in [0.25, 0.3) is 0 Å². The summed E-state index contributed by atoms with van der Waals surface area (Å²) in [5, 5.41) is 9.80. The summed E-state index contributed by atoms with van der Waals surface area (Å²) in [6.07, 6.45) is 1.05. The van der Waals surface area contributed by atoms with Crippen LogP contribution in [0, 0.1) is 0 Å². The fourth-order valence-corrected chi connectivity index (χ4v) is 1.74. The summed E-state index contributed by atoms with van der Waals surface area (Å²) in [7, 11) is 0. The number of epoxide rings is 2. The minimum Gasteiger partial charge on any atom is -0.507 e. The highest BCUT2D eigenvalue weighted by molar-refractivity contribution is 5.92. The molecule has 2 heterocycles. The van der Waals surface area contributed by atoms with Crippen LogP contribution in [-0.4, -0.2) is 43.1 Å². The number of phenols is 1. The zero-order valence-corrected chi connectivity index (χ0v) is 9.80. The van der Waals surface area contributed by atoms with Crippen LogP contribution in [-0.2, 0) is 20.6 Å². The number of benzene rings is 1. The molecule has 5 heteroatoms. The van der Waals surface area contributed by atoms with Crippen molar-refractivity contribution < 1.29 is 24.1 Å². The maximum Gasteiger partial charge on any atom is 0.342 e. The molecule has 1 aromatic rings. The molecule has 3 rings (SSSR count). The molecule has 2 fully saturated rings. The fourth-order valence-electron chi connectivity index (χ4n) is 1.74. The van der Waals surface area contributed by atoms with E-state index in [-0.39, 0.29) is 30.1 Å². The molecule has 1 aromatic carbocycles. The average Bonchev–Trinajstić information content (AvgIpc) is 3.21. The molecule has 2 saturated heterocycles. The molecular weight excluding hydrogens is 236 g/mol. The van der Waals surface area contributed by atoms with Gasteiger partial charge in [0.15, 0.2) is 0 Å². The van der Waals surface area contributed by atoms with Crippen molar-refractivity contribution in [2.75, 3.05) is 19.8 Å². The second-order valence-electron chi connectivity index (χ2n) is 4.56. The third-order valence-electron chi connectivity index (χ3n) is 2.95. The highest BCUT2D eigenvalue weighted by atomic mass is 16.6. The van der Waals surface area contributed by atoms with Crippen LogP contribution in [0.5, 0.6) is 5.75 Å². The Morgan fingerprint density at radius 1 is 1.33 bits per heavy atom. The van der Waals surface area contributed by atoms with E-state index in [0.717, 1.165) is 18.6 Å². The Bertz CT molecular complexity index is 462. The second-order valence-corrected chi connectivity index (χ2v) is 4.56. The molecular formula is C13H14O5. The third kappa shape index (κ3) is 2.80. The molecule has 0 aromatic heterocycles. The Labute approximate surface area is 104 Å². The quantitative estimate of drug-likeness (QED) is 0.620. The molecule has 0 bridgehead atoms. The molecule has 0 aliphatic carbocycles. The Morgan fingerprint density at radius 2 is 2.06 bits per heavy atom. The Morgan fingerprint density at radius 3 is 2.67 bits per heavy atom. The first-order valence-electron chi connectivity index (χ1n) is 5.94. The van der Waals surface area contributed by atoms with E-state index in [1.165, 1.54) is 0 Å². The van der Waals surface area contributed by atoms with Crippen LogP contribution in [0.2, 0.25) is 0 Å². The van der Waals surface area contributed by atoms with Crippen molar-refractivity contribution >= 4 is 5.97 Å². The zero-order chi connectivity index (χ0) is 12.5. The van der Waals surface area contributed by atoms with Crippen LogP contribution in [0.25, 0.3) is 0 Å². The molecule has 0 spiro atoms. The van der Waals surface area contributed by atoms with Crippen molar-refractivity contribution in [1.29, 1.82) is 0 Å². The minimum absolute atomic E-state index is 0.0300. The summed E-state index contributed by atoms with van der Waals surface area (Å²) < 4.78 is 15.1. The predicted octanol–water partition coefficient (Wildman–Crippen LogP) is 0.889. The van der Waals surface area contributed by atoms with Crippen LogP contribution >= 0.6 is 0 Å². The standard InChI is InChI=1S/C13H14O5/c14-12-4-8(3-9-5-16-9)1-2-11(12)13(15)18-7-10-6-17-10/h1-2,4,9-10,14H,3,5-7H2. The molecule has 2 aliphatic rings. The van der Waals surface area contributed by atoms with Crippen molar-refractivity contribution in [3.63, 3.8) is 0 Å². The number of esters is 1. The number of carbonyl (C=O) groups is 1. The summed E-state index contributed by atoms with van der Waals surface area (Å²) in [6, 6.07) is 4.99. The summed E-state index contributed by atoms with van der Waals surface area (Å²) in [5.74, 6) is -0.563. The first-order chi connectivity index (χ1) is 8.72. The first kappa shape index (κ1) is 11.5. The van der Waals surface area contributed by atoms with Crippen molar-refractivity contribution in [2.45, 2.75) is 18.6 Å². The van der Waals surface area contributed by atoms with Crippen LogP contribution in [0.1, 0.15) is 15.9 Å². The predicted molar refractivity (Wildman–Crippen MR) is 61.6 cm³/mol. The van der Waals surface area contributed by atoms with E-state index >= 15 is 0 Å². The molecule has 2 unspecified atom stereocenters. The maximum absolute atomic E-state index is 11.7. The Balaban J connectivity index is 1.64. The van der Waals surface area contributed by atoms with Gasteiger partial charge in [-0.05, 0) is 17.7 Å². The van der Waals surface area contributed by atoms with E-state index in [2.05, 4.69) is 0 Å². The van der Waals surface area contributed by atoms with Crippen molar-refractivity contribution in [3.05, 3.63) is 29.3 Å². The first-order valence-corrected chi connectivity index (χ1v) is 5.94. The number of hydrogen-bond donors (Lipinski definition) is 1. The second kappa shape index (κ2) is 4.59. The molecule has 18 heavy (non-hydrogen) atoms. The van der Waals surface area contributed by atoms with Crippen LogP contribution in [0.15, 0.2) is 18.2 Å².